The monoisotopic (exact) mass is 234 g/mol. The van der Waals surface area contributed by atoms with Crippen molar-refractivity contribution in [1.82, 2.24) is 0 Å². The Morgan fingerprint density at radius 2 is 1.71 bits per heavy atom. The number of carbonyl (C=O) groups is 3. The van der Waals surface area contributed by atoms with E-state index in [2.05, 4.69) is 4.74 Å². The summed E-state index contributed by atoms with van der Waals surface area (Å²) < 4.78 is 4.57. The number of hydrogen-bond donors (Lipinski definition) is 1. The Labute approximate surface area is 97.0 Å². The molecular weight excluding hydrogens is 224 g/mol. The van der Waals surface area contributed by atoms with E-state index < -0.39 is 23.1 Å². The fraction of sp³-hybridized carbons (Fsp3) is 0.250. The molecule has 0 atom stereocenters. The summed E-state index contributed by atoms with van der Waals surface area (Å²) in [4.78, 5) is 35.3. The molecular formula is C12H10O5. The predicted octanol–water partition coefficient (Wildman–Crippen LogP) is 0.360. The van der Waals surface area contributed by atoms with Crippen molar-refractivity contribution in [2.75, 3.05) is 6.61 Å². The van der Waals surface area contributed by atoms with Crippen molar-refractivity contribution in [3.63, 3.8) is 0 Å². The Morgan fingerprint density at radius 1 is 1.24 bits per heavy atom. The number of Topliss-reactive ketones (excluding diaryl/α,β-unsaturated/α-hetero) is 2. The average Bonchev–Trinajstić information content (AvgIpc) is 2.54. The third kappa shape index (κ3) is 1.39. The van der Waals surface area contributed by atoms with Crippen molar-refractivity contribution in [2.45, 2.75) is 12.5 Å². The van der Waals surface area contributed by atoms with Gasteiger partial charge in [-0.1, -0.05) is 24.3 Å². The molecule has 2 rings (SSSR count). The van der Waals surface area contributed by atoms with Crippen LogP contribution in [0.3, 0.4) is 0 Å². The lowest BCUT2D eigenvalue weighted by Gasteiger charge is -2.16. The zero-order chi connectivity index (χ0) is 12.6. The first-order chi connectivity index (χ1) is 8.03. The molecule has 5 nitrogen and oxygen atoms in total. The molecule has 1 aliphatic rings. The van der Waals surface area contributed by atoms with Crippen molar-refractivity contribution >= 4 is 17.5 Å². The standard InChI is InChI=1S/C12H10O5/c1-2-17-11(15)12(16)9(13)7-5-3-4-6-8(7)10(12)14/h3-6,16H,2H2,1H3. The third-order valence-electron chi connectivity index (χ3n) is 2.64. The fourth-order valence-corrected chi connectivity index (χ4v) is 1.79. The van der Waals surface area contributed by atoms with Crippen molar-refractivity contribution < 1.29 is 24.2 Å². The van der Waals surface area contributed by atoms with Crippen LogP contribution in [-0.2, 0) is 9.53 Å². The van der Waals surface area contributed by atoms with Crippen LogP contribution < -0.4 is 0 Å². The maximum absolute atomic E-state index is 11.9. The lowest BCUT2D eigenvalue weighted by atomic mass is 9.98. The van der Waals surface area contributed by atoms with E-state index in [1.165, 1.54) is 19.1 Å². The van der Waals surface area contributed by atoms with Crippen molar-refractivity contribution in [3.05, 3.63) is 35.4 Å². The Bertz CT molecular complexity index is 482. The van der Waals surface area contributed by atoms with Gasteiger partial charge in [0.25, 0.3) is 5.60 Å². The van der Waals surface area contributed by atoms with E-state index in [9.17, 15) is 19.5 Å². The minimum atomic E-state index is -2.71. The normalized spacial score (nSPS) is 16.8. The summed E-state index contributed by atoms with van der Waals surface area (Å²) in [5.41, 5.74) is -2.61. The lowest BCUT2D eigenvalue weighted by molar-refractivity contribution is -0.155. The molecule has 1 aromatic rings. The average molecular weight is 234 g/mol. The van der Waals surface area contributed by atoms with Crippen LogP contribution in [0.15, 0.2) is 24.3 Å². The van der Waals surface area contributed by atoms with Crippen molar-refractivity contribution in [3.8, 4) is 0 Å². The second-order valence-electron chi connectivity index (χ2n) is 3.63. The SMILES string of the molecule is CCOC(=O)C1(O)C(=O)c2ccccc2C1=O. The molecule has 0 spiro atoms. The minimum absolute atomic E-state index is 0.0158. The third-order valence-corrected chi connectivity index (χ3v) is 2.64. The second-order valence-corrected chi connectivity index (χ2v) is 3.63. The molecule has 0 amide bonds. The number of ether oxygens (including phenoxy) is 1. The van der Waals surface area contributed by atoms with Gasteiger partial charge in [0.05, 0.1) is 6.61 Å². The van der Waals surface area contributed by atoms with Gasteiger partial charge in [-0.3, -0.25) is 9.59 Å². The Morgan fingerprint density at radius 3 is 2.12 bits per heavy atom. The van der Waals surface area contributed by atoms with Gasteiger partial charge in [0.2, 0.25) is 11.6 Å². The molecule has 0 saturated carbocycles. The number of aliphatic hydroxyl groups is 1. The summed E-state index contributed by atoms with van der Waals surface area (Å²) in [6.45, 7) is 1.51. The molecule has 0 heterocycles. The fourth-order valence-electron chi connectivity index (χ4n) is 1.79. The van der Waals surface area contributed by atoms with Crippen LogP contribution in [-0.4, -0.2) is 34.9 Å². The maximum atomic E-state index is 11.9. The van der Waals surface area contributed by atoms with E-state index in [0.717, 1.165) is 0 Å². The van der Waals surface area contributed by atoms with Crippen LogP contribution in [0.5, 0.6) is 0 Å². The number of benzene rings is 1. The molecule has 0 unspecified atom stereocenters. The summed E-state index contributed by atoms with van der Waals surface area (Å²) in [5, 5.41) is 9.98. The molecule has 0 aliphatic heterocycles. The lowest BCUT2D eigenvalue weighted by Crippen LogP contribution is -2.50. The second kappa shape index (κ2) is 3.78. The van der Waals surface area contributed by atoms with Crippen molar-refractivity contribution in [2.24, 2.45) is 0 Å². The summed E-state index contributed by atoms with van der Waals surface area (Å²) in [7, 11) is 0. The number of esters is 1. The smallest absolute Gasteiger partial charge is 0.354 e. The Balaban J connectivity index is 2.52. The molecule has 5 heteroatoms. The highest BCUT2D eigenvalue weighted by Gasteiger charge is 2.58. The number of carbonyl (C=O) groups excluding carboxylic acids is 3. The Hall–Kier alpha value is -2.01. The highest BCUT2D eigenvalue weighted by atomic mass is 16.6. The van der Waals surface area contributed by atoms with Crippen LogP contribution in [0, 0.1) is 0 Å². The van der Waals surface area contributed by atoms with Gasteiger partial charge in [0.15, 0.2) is 0 Å². The maximum Gasteiger partial charge on any atom is 0.354 e. The number of hydrogen-bond acceptors (Lipinski definition) is 5. The van der Waals surface area contributed by atoms with E-state index in [-0.39, 0.29) is 17.7 Å². The number of ketones is 2. The highest BCUT2D eigenvalue weighted by molar-refractivity contribution is 6.41. The largest absolute Gasteiger partial charge is 0.463 e. The van der Waals surface area contributed by atoms with Gasteiger partial charge >= 0.3 is 5.97 Å². The first-order valence-electron chi connectivity index (χ1n) is 5.11. The van der Waals surface area contributed by atoms with Gasteiger partial charge in [-0.25, -0.2) is 4.79 Å². The molecule has 0 radical (unpaired) electrons. The predicted molar refractivity (Wildman–Crippen MR) is 56.7 cm³/mol. The molecule has 1 N–H and O–H groups in total. The summed E-state index contributed by atoms with van der Waals surface area (Å²) >= 11 is 0. The van der Waals surface area contributed by atoms with Crippen LogP contribution in [0.2, 0.25) is 0 Å². The molecule has 88 valence electrons. The first-order valence-corrected chi connectivity index (χ1v) is 5.11. The van der Waals surface area contributed by atoms with Gasteiger partial charge < -0.3 is 9.84 Å². The van der Waals surface area contributed by atoms with Crippen LogP contribution in [0.4, 0.5) is 0 Å². The van der Waals surface area contributed by atoms with Crippen LogP contribution >= 0.6 is 0 Å². The number of fused-ring (bicyclic) bond motifs is 1. The molecule has 0 aromatic heterocycles. The summed E-state index contributed by atoms with van der Waals surface area (Å²) in [6, 6.07) is 5.90. The topological polar surface area (TPSA) is 80.7 Å². The van der Waals surface area contributed by atoms with Gasteiger partial charge in [-0.15, -0.1) is 0 Å². The van der Waals surface area contributed by atoms with Crippen LogP contribution in [0.25, 0.3) is 0 Å². The molecule has 0 saturated heterocycles. The van der Waals surface area contributed by atoms with E-state index in [1.807, 2.05) is 0 Å². The minimum Gasteiger partial charge on any atom is -0.463 e. The first kappa shape index (κ1) is 11.5. The van der Waals surface area contributed by atoms with E-state index in [1.54, 1.807) is 12.1 Å². The van der Waals surface area contributed by atoms with Crippen molar-refractivity contribution in [1.29, 1.82) is 0 Å². The molecule has 0 fully saturated rings. The zero-order valence-electron chi connectivity index (χ0n) is 9.10. The molecule has 1 aliphatic carbocycles. The van der Waals surface area contributed by atoms with Gasteiger partial charge in [-0.2, -0.15) is 0 Å². The number of rotatable bonds is 2. The zero-order valence-corrected chi connectivity index (χ0v) is 9.10. The molecule has 0 bridgehead atoms. The molecule has 17 heavy (non-hydrogen) atoms. The van der Waals surface area contributed by atoms with E-state index in [4.69, 9.17) is 0 Å². The van der Waals surface area contributed by atoms with Gasteiger partial charge in [0, 0.05) is 11.1 Å². The molecule has 1 aromatic carbocycles. The van der Waals surface area contributed by atoms with Crippen LogP contribution in [0.1, 0.15) is 27.6 Å². The van der Waals surface area contributed by atoms with Gasteiger partial charge in [0.1, 0.15) is 0 Å². The van der Waals surface area contributed by atoms with Gasteiger partial charge in [-0.05, 0) is 6.92 Å². The Kier molecular flexibility index (Phi) is 2.55. The summed E-state index contributed by atoms with van der Waals surface area (Å²) in [6.07, 6.45) is 0. The highest BCUT2D eigenvalue weighted by Crippen LogP contribution is 2.30. The quantitative estimate of drug-likeness (QED) is 0.590. The van der Waals surface area contributed by atoms with E-state index in [0.29, 0.717) is 0 Å². The summed E-state index contributed by atoms with van der Waals surface area (Å²) in [5.74, 6) is -3.06. The van der Waals surface area contributed by atoms with E-state index >= 15 is 0 Å².